The number of carbonyl (C=O) groups excluding carboxylic acids is 1. The van der Waals surface area contributed by atoms with Crippen molar-refractivity contribution < 1.29 is 9.53 Å². The molecule has 2 heterocycles. The van der Waals surface area contributed by atoms with E-state index in [-0.39, 0.29) is 11.9 Å². The number of hydrogen-bond acceptors (Lipinski definition) is 4. The predicted molar refractivity (Wildman–Crippen MR) is 59.6 cm³/mol. The van der Waals surface area contributed by atoms with Crippen LogP contribution in [0.4, 0.5) is 0 Å². The molecule has 1 aliphatic rings. The Hall–Kier alpha value is -1.42. The molecule has 0 radical (unpaired) electrons. The Kier molecular flexibility index (Phi) is 3.51. The third-order valence-corrected chi connectivity index (χ3v) is 2.96. The van der Waals surface area contributed by atoms with Crippen LogP contribution in [0.15, 0.2) is 24.5 Å². The number of likely N-dealkylation sites (tertiary alicyclic amines) is 1. The molecule has 2 rings (SSSR count). The number of hydrogen-bond donors (Lipinski definition) is 0. The second-order valence-corrected chi connectivity index (χ2v) is 4.10. The molecule has 0 aromatic carbocycles. The molecule has 0 N–H and O–H groups in total. The lowest BCUT2D eigenvalue weighted by atomic mass is 10.1. The van der Waals surface area contributed by atoms with Crippen LogP contribution < -0.4 is 0 Å². The van der Waals surface area contributed by atoms with Gasteiger partial charge in [-0.3, -0.25) is 14.7 Å². The molecule has 0 saturated carbocycles. The number of nitrogens with zero attached hydrogens (tertiary/aromatic N) is 2. The molecule has 1 atom stereocenters. The first-order chi connectivity index (χ1) is 7.79. The molecule has 0 bridgehead atoms. The van der Waals surface area contributed by atoms with Gasteiger partial charge in [-0.2, -0.15) is 0 Å². The Morgan fingerprint density at radius 3 is 3.00 bits per heavy atom. The van der Waals surface area contributed by atoms with Gasteiger partial charge in [-0.25, -0.2) is 0 Å². The van der Waals surface area contributed by atoms with Crippen molar-refractivity contribution in [1.29, 1.82) is 0 Å². The van der Waals surface area contributed by atoms with Crippen molar-refractivity contribution >= 4 is 5.97 Å². The summed E-state index contributed by atoms with van der Waals surface area (Å²) in [6.45, 7) is 2.65. The van der Waals surface area contributed by atoms with Gasteiger partial charge in [-0.05, 0) is 30.7 Å². The van der Waals surface area contributed by atoms with Crippen molar-refractivity contribution in [3.63, 3.8) is 0 Å². The SMILES string of the molecule is COC(=O)C1CCN(Cc2ccncc2)C1. The standard InChI is InChI=1S/C12H16N2O2/c1-16-12(15)11-4-7-14(9-11)8-10-2-5-13-6-3-10/h2-3,5-6,11H,4,7-9H2,1H3. The maximum absolute atomic E-state index is 11.4. The van der Waals surface area contributed by atoms with Crippen LogP contribution in [0.25, 0.3) is 0 Å². The van der Waals surface area contributed by atoms with Crippen LogP contribution in [0.3, 0.4) is 0 Å². The summed E-state index contributed by atoms with van der Waals surface area (Å²) in [6, 6.07) is 4.01. The fourth-order valence-electron chi connectivity index (χ4n) is 2.08. The zero-order valence-corrected chi connectivity index (χ0v) is 9.43. The molecule has 0 amide bonds. The van der Waals surface area contributed by atoms with Crippen LogP contribution >= 0.6 is 0 Å². The summed E-state index contributed by atoms with van der Waals surface area (Å²) >= 11 is 0. The summed E-state index contributed by atoms with van der Waals surface area (Å²) in [5.74, 6) is -0.0379. The van der Waals surface area contributed by atoms with Crippen molar-refractivity contribution in [2.45, 2.75) is 13.0 Å². The van der Waals surface area contributed by atoms with Gasteiger partial charge in [0.05, 0.1) is 13.0 Å². The largest absolute Gasteiger partial charge is 0.469 e. The van der Waals surface area contributed by atoms with Crippen molar-refractivity contribution in [3.8, 4) is 0 Å². The number of pyridine rings is 1. The highest BCUT2D eigenvalue weighted by Crippen LogP contribution is 2.19. The maximum Gasteiger partial charge on any atom is 0.310 e. The smallest absolute Gasteiger partial charge is 0.310 e. The molecule has 86 valence electrons. The summed E-state index contributed by atoms with van der Waals surface area (Å²) < 4.78 is 4.76. The highest BCUT2D eigenvalue weighted by atomic mass is 16.5. The molecule has 1 aromatic rings. The fourth-order valence-corrected chi connectivity index (χ4v) is 2.08. The molecule has 1 fully saturated rings. The Morgan fingerprint density at radius 2 is 2.31 bits per heavy atom. The van der Waals surface area contributed by atoms with Crippen LogP contribution in [0, 0.1) is 5.92 Å². The van der Waals surface area contributed by atoms with Gasteiger partial charge in [0.2, 0.25) is 0 Å². The van der Waals surface area contributed by atoms with Gasteiger partial charge >= 0.3 is 5.97 Å². The Morgan fingerprint density at radius 1 is 1.56 bits per heavy atom. The molecule has 1 unspecified atom stereocenters. The summed E-state index contributed by atoms with van der Waals surface area (Å²) in [5, 5.41) is 0. The van der Waals surface area contributed by atoms with E-state index < -0.39 is 0 Å². The molecule has 0 aliphatic carbocycles. The fraction of sp³-hybridized carbons (Fsp3) is 0.500. The first-order valence-corrected chi connectivity index (χ1v) is 5.48. The minimum atomic E-state index is -0.0859. The van der Waals surface area contributed by atoms with Gasteiger partial charge in [0, 0.05) is 25.5 Å². The van der Waals surface area contributed by atoms with E-state index in [2.05, 4.69) is 9.88 Å². The number of ether oxygens (including phenoxy) is 1. The van der Waals surface area contributed by atoms with Gasteiger partial charge in [-0.1, -0.05) is 0 Å². The third-order valence-electron chi connectivity index (χ3n) is 2.96. The second-order valence-electron chi connectivity index (χ2n) is 4.10. The van der Waals surface area contributed by atoms with Crippen LogP contribution in [0.5, 0.6) is 0 Å². The molecule has 1 aromatic heterocycles. The molecule has 4 nitrogen and oxygen atoms in total. The Bertz CT molecular complexity index is 353. The van der Waals surface area contributed by atoms with E-state index in [0.717, 1.165) is 26.1 Å². The van der Waals surface area contributed by atoms with Gasteiger partial charge < -0.3 is 4.74 Å². The zero-order chi connectivity index (χ0) is 11.4. The van der Waals surface area contributed by atoms with Crippen LogP contribution in [0.1, 0.15) is 12.0 Å². The molecular weight excluding hydrogens is 204 g/mol. The lowest BCUT2D eigenvalue weighted by Crippen LogP contribution is -2.23. The van der Waals surface area contributed by atoms with E-state index in [1.165, 1.54) is 12.7 Å². The molecule has 1 aliphatic heterocycles. The highest BCUT2D eigenvalue weighted by molar-refractivity contribution is 5.72. The van der Waals surface area contributed by atoms with E-state index in [1.54, 1.807) is 12.4 Å². The quantitative estimate of drug-likeness (QED) is 0.715. The minimum Gasteiger partial charge on any atom is -0.469 e. The summed E-state index contributed by atoms with van der Waals surface area (Å²) in [7, 11) is 1.45. The van der Waals surface area contributed by atoms with Crippen molar-refractivity contribution in [1.82, 2.24) is 9.88 Å². The first-order valence-electron chi connectivity index (χ1n) is 5.48. The average Bonchev–Trinajstić information content (AvgIpc) is 2.78. The van der Waals surface area contributed by atoms with Crippen LogP contribution in [0.2, 0.25) is 0 Å². The van der Waals surface area contributed by atoms with Crippen molar-refractivity contribution in [3.05, 3.63) is 30.1 Å². The number of rotatable bonds is 3. The Labute approximate surface area is 95.2 Å². The molecule has 1 saturated heterocycles. The lowest BCUT2D eigenvalue weighted by Gasteiger charge is -2.15. The van der Waals surface area contributed by atoms with Crippen molar-refractivity contribution in [2.24, 2.45) is 5.92 Å². The normalized spacial score (nSPS) is 20.9. The number of carbonyl (C=O) groups is 1. The zero-order valence-electron chi connectivity index (χ0n) is 9.43. The topological polar surface area (TPSA) is 42.4 Å². The van der Waals surface area contributed by atoms with E-state index in [1.807, 2.05) is 12.1 Å². The van der Waals surface area contributed by atoms with E-state index >= 15 is 0 Å². The average molecular weight is 220 g/mol. The molecule has 0 spiro atoms. The molecule has 16 heavy (non-hydrogen) atoms. The predicted octanol–water partition coefficient (Wildman–Crippen LogP) is 1.08. The van der Waals surface area contributed by atoms with Crippen LogP contribution in [-0.2, 0) is 16.1 Å². The van der Waals surface area contributed by atoms with Gasteiger partial charge in [0.1, 0.15) is 0 Å². The minimum absolute atomic E-state index is 0.0480. The number of methoxy groups -OCH3 is 1. The lowest BCUT2D eigenvalue weighted by molar-refractivity contribution is -0.144. The monoisotopic (exact) mass is 220 g/mol. The van der Waals surface area contributed by atoms with E-state index in [0.29, 0.717) is 0 Å². The number of esters is 1. The van der Waals surface area contributed by atoms with Gasteiger partial charge in [0.15, 0.2) is 0 Å². The first kappa shape index (κ1) is 11.1. The highest BCUT2D eigenvalue weighted by Gasteiger charge is 2.28. The van der Waals surface area contributed by atoms with E-state index in [4.69, 9.17) is 4.74 Å². The van der Waals surface area contributed by atoms with Crippen molar-refractivity contribution in [2.75, 3.05) is 20.2 Å². The van der Waals surface area contributed by atoms with E-state index in [9.17, 15) is 4.79 Å². The summed E-state index contributed by atoms with van der Waals surface area (Å²) in [6.07, 6.45) is 4.49. The second kappa shape index (κ2) is 5.07. The molecular formula is C12H16N2O2. The van der Waals surface area contributed by atoms with Gasteiger partial charge in [0.25, 0.3) is 0 Å². The maximum atomic E-state index is 11.4. The summed E-state index contributed by atoms with van der Waals surface area (Å²) in [4.78, 5) is 17.6. The van der Waals surface area contributed by atoms with Crippen LogP contribution in [-0.4, -0.2) is 36.1 Å². The third kappa shape index (κ3) is 2.58. The summed E-state index contributed by atoms with van der Waals surface area (Å²) in [5.41, 5.74) is 1.24. The van der Waals surface area contributed by atoms with Gasteiger partial charge in [-0.15, -0.1) is 0 Å². The number of aromatic nitrogens is 1. The Balaban J connectivity index is 1.88. The molecule has 4 heteroatoms.